The number of amides is 1. The van der Waals surface area contributed by atoms with Crippen molar-refractivity contribution in [3.63, 3.8) is 0 Å². The number of hydrogen-bond acceptors (Lipinski definition) is 3. The van der Waals surface area contributed by atoms with Gasteiger partial charge in [0, 0.05) is 23.9 Å². The van der Waals surface area contributed by atoms with E-state index in [1.54, 1.807) is 37.4 Å². The fourth-order valence-corrected chi connectivity index (χ4v) is 4.37. The number of aromatic nitrogens is 1. The van der Waals surface area contributed by atoms with E-state index in [2.05, 4.69) is 4.98 Å². The van der Waals surface area contributed by atoms with E-state index >= 15 is 0 Å². The van der Waals surface area contributed by atoms with Crippen LogP contribution >= 0.6 is 0 Å². The van der Waals surface area contributed by atoms with Crippen molar-refractivity contribution < 1.29 is 22.7 Å². The molecular weight excluding hydrogens is 445 g/mol. The minimum absolute atomic E-state index is 0.00343. The lowest BCUT2D eigenvalue weighted by Crippen LogP contribution is -2.37. The average molecular weight is 464 g/mol. The molecule has 0 unspecified atom stereocenters. The molecule has 0 bridgehead atoms. The number of carbonyl (C=O) groups is 1. The minimum Gasteiger partial charge on any atom is -0.373 e. The van der Waals surface area contributed by atoms with Crippen LogP contribution in [-0.4, -0.2) is 29.4 Å². The van der Waals surface area contributed by atoms with E-state index in [0.717, 1.165) is 23.3 Å². The number of hydrogen-bond donors (Lipinski definition) is 1. The fraction of sp³-hybridized carbons (Fsp3) is 0.154. The summed E-state index contributed by atoms with van der Waals surface area (Å²) >= 11 is 0. The van der Waals surface area contributed by atoms with E-state index < -0.39 is 23.2 Å². The summed E-state index contributed by atoms with van der Waals surface area (Å²) in [4.78, 5) is 30.0. The van der Waals surface area contributed by atoms with Gasteiger partial charge in [-0.05, 0) is 52.9 Å². The molecule has 8 heteroatoms. The monoisotopic (exact) mass is 464 g/mol. The van der Waals surface area contributed by atoms with Crippen LogP contribution in [0.15, 0.2) is 65.5 Å². The first kappa shape index (κ1) is 21.9. The summed E-state index contributed by atoms with van der Waals surface area (Å²) in [6.07, 6.45) is 0. The third-order valence-electron chi connectivity index (χ3n) is 6.12. The van der Waals surface area contributed by atoms with E-state index in [9.17, 15) is 22.8 Å². The Labute approximate surface area is 192 Å². The lowest BCUT2D eigenvalue weighted by Gasteiger charge is -2.34. The van der Waals surface area contributed by atoms with Gasteiger partial charge in [0.15, 0.2) is 11.6 Å². The predicted octanol–water partition coefficient (Wildman–Crippen LogP) is 4.96. The number of benzene rings is 3. The topological polar surface area (TPSA) is 62.4 Å². The molecule has 3 aromatic carbocycles. The van der Waals surface area contributed by atoms with E-state index in [1.807, 2.05) is 6.07 Å². The van der Waals surface area contributed by atoms with Gasteiger partial charge in [-0.25, -0.2) is 13.2 Å². The summed E-state index contributed by atoms with van der Waals surface area (Å²) in [5.41, 5.74) is 2.27. The van der Waals surface area contributed by atoms with Gasteiger partial charge in [-0.2, -0.15) is 0 Å². The lowest BCUT2D eigenvalue weighted by atomic mass is 9.95. The van der Waals surface area contributed by atoms with Crippen LogP contribution in [0.25, 0.3) is 21.9 Å². The van der Waals surface area contributed by atoms with Crippen LogP contribution in [0, 0.1) is 17.5 Å². The average Bonchev–Trinajstić information content (AvgIpc) is 2.84. The Hall–Kier alpha value is -3.91. The highest BCUT2D eigenvalue weighted by molar-refractivity contribution is 5.96. The number of H-pyrrole nitrogens is 1. The van der Waals surface area contributed by atoms with Gasteiger partial charge in [0.1, 0.15) is 5.82 Å². The number of aromatic amines is 1. The van der Waals surface area contributed by atoms with Gasteiger partial charge in [-0.1, -0.05) is 24.3 Å². The van der Waals surface area contributed by atoms with Gasteiger partial charge in [-0.3, -0.25) is 9.59 Å². The van der Waals surface area contributed by atoms with Crippen LogP contribution in [0.5, 0.6) is 0 Å². The quantitative estimate of drug-likeness (QED) is 0.467. The molecule has 0 fully saturated rings. The number of fused-ring (bicyclic) bond motifs is 3. The van der Waals surface area contributed by atoms with Crippen LogP contribution in [0.1, 0.15) is 27.7 Å². The molecule has 1 atom stereocenters. The smallest absolute Gasteiger partial charge is 0.256 e. The molecule has 0 aliphatic carbocycles. The second-order valence-electron chi connectivity index (χ2n) is 8.19. The molecular formula is C26H19F3N2O3. The molecule has 1 N–H and O–H groups in total. The summed E-state index contributed by atoms with van der Waals surface area (Å²) < 4.78 is 46.8. The van der Waals surface area contributed by atoms with Crippen molar-refractivity contribution in [2.24, 2.45) is 0 Å². The Morgan fingerprint density at radius 1 is 0.971 bits per heavy atom. The van der Waals surface area contributed by atoms with Crippen molar-refractivity contribution in [3.8, 4) is 11.1 Å². The van der Waals surface area contributed by atoms with Crippen molar-refractivity contribution in [2.75, 3.05) is 13.7 Å². The van der Waals surface area contributed by atoms with E-state index in [-0.39, 0.29) is 35.7 Å². The van der Waals surface area contributed by atoms with E-state index in [0.29, 0.717) is 16.8 Å². The molecule has 0 radical (unpaired) electrons. The zero-order valence-electron chi connectivity index (χ0n) is 18.1. The van der Waals surface area contributed by atoms with Crippen molar-refractivity contribution in [3.05, 3.63) is 105 Å². The normalized spacial score (nSPS) is 15.2. The third kappa shape index (κ3) is 3.76. The summed E-state index contributed by atoms with van der Waals surface area (Å²) in [6.45, 7) is 0.200. The minimum atomic E-state index is -1.12. The van der Waals surface area contributed by atoms with Crippen LogP contribution in [0.2, 0.25) is 0 Å². The Morgan fingerprint density at radius 2 is 1.68 bits per heavy atom. The number of nitrogens with one attached hydrogen (secondary N) is 1. The first-order chi connectivity index (χ1) is 16.3. The highest BCUT2D eigenvalue weighted by atomic mass is 19.2. The van der Waals surface area contributed by atoms with Crippen LogP contribution in [0.3, 0.4) is 0 Å². The van der Waals surface area contributed by atoms with Gasteiger partial charge in [0.05, 0.1) is 24.6 Å². The molecule has 172 valence electrons. The van der Waals surface area contributed by atoms with Gasteiger partial charge in [0.25, 0.3) is 11.5 Å². The largest absolute Gasteiger partial charge is 0.373 e. The SMILES string of the molecule is CN(C(=O)c1cccc(-c2ccc(F)cc2)c1)[C@@H]1COCc2[nH]c(=O)c3cc(F)c(F)cc3c21. The molecule has 1 aromatic heterocycles. The summed E-state index contributed by atoms with van der Waals surface area (Å²) in [6, 6.07) is 14.1. The number of carbonyl (C=O) groups excluding carboxylic acids is 1. The second-order valence-corrected chi connectivity index (χ2v) is 8.19. The molecule has 1 aliphatic rings. The van der Waals surface area contributed by atoms with Crippen LogP contribution < -0.4 is 5.56 Å². The molecule has 34 heavy (non-hydrogen) atoms. The molecule has 0 spiro atoms. The standard InChI is InChI=1S/C26H19F3N2O3/c1-31(26(33)16-4-2-3-15(9-16)14-5-7-17(27)8-6-14)23-13-34-12-22-24(23)18-10-20(28)21(29)11-19(18)25(32)30-22/h2-11,23H,12-13H2,1H3,(H,30,32)/t23-/m1/s1. The lowest BCUT2D eigenvalue weighted by molar-refractivity contribution is 0.0335. The number of rotatable bonds is 3. The molecule has 0 saturated carbocycles. The van der Waals surface area contributed by atoms with Crippen molar-refractivity contribution in [2.45, 2.75) is 12.6 Å². The second kappa shape index (κ2) is 8.46. The van der Waals surface area contributed by atoms with Crippen LogP contribution in [0.4, 0.5) is 13.2 Å². The summed E-state index contributed by atoms with van der Waals surface area (Å²) in [5, 5.41) is 0.245. The fourth-order valence-electron chi connectivity index (χ4n) is 4.37. The molecule has 1 amide bonds. The molecule has 4 aromatic rings. The van der Waals surface area contributed by atoms with Gasteiger partial charge in [0.2, 0.25) is 0 Å². The van der Waals surface area contributed by atoms with E-state index in [1.165, 1.54) is 17.0 Å². The Morgan fingerprint density at radius 3 is 2.41 bits per heavy atom. The maximum Gasteiger partial charge on any atom is 0.256 e. The maximum absolute atomic E-state index is 14.1. The Balaban J connectivity index is 1.55. The Kier molecular flexibility index (Phi) is 5.45. The highest BCUT2D eigenvalue weighted by Crippen LogP contribution is 2.34. The van der Waals surface area contributed by atoms with E-state index in [4.69, 9.17) is 4.74 Å². The molecule has 5 nitrogen and oxygen atoms in total. The summed E-state index contributed by atoms with van der Waals surface area (Å²) in [7, 11) is 1.59. The first-order valence-electron chi connectivity index (χ1n) is 10.6. The van der Waals surface area contributed by atoms with Crippen molar-refractivity contribution >= 4 is 16.7 Å². The number of likely N-dealkylation sites (N-methyl/N-ethyl adjacent to an activating group) is 1. The van der Waals surface area contributed by atoms with Gasteiger partial charge < -0.3 is 14.6 Å². The molecule has 0 saturated heterocycles. The first-order valence-corrected chi connectivity index (χ1v) is 10.6. The van der Waals surface area contributed by atoms with Crippen molar-refractivity contribution in [1.29, 1.82) is 0 Å². The molecule has 1 aliphatic heterocycles. The van der Waals surface area contributed by atoms with Crippen LogP contribution in [-0.2, 0) is 11.3 Å². The van der Waals surface area contributed by atoms with Gasteiger partial charge >= 0.3 is 0 Å². The Bertz CT molecular complexity index is 1480. The zero-order valence-corrected chi connectivity index (χ0v) is 18.1. The molecule has 5 rings (SSSR count). The number of ether oxygens (including phenoxy) is 1. The number of pyridine rings is 1. The molecule has 2 heterocycles. The highest BCUT2D eigenvalue weighted by Gasteiger charge is 2.31. The van der Waals surface area contributed by atoms with Crippen molar-refractivity contribution in [1.82, 2.24) is 9.88 Å². The zero-order chi connectivity index (χ0) is 24.0. The predicted molar refractivity (Wildman–Crippen MR) is 121 cm³/mol. The summed E-state index contributed by atoms with van der Waals surface area (Å²) in [5.74, 6) is -2.88. The maximum atomic E-state index is 14.1. The number of nitrogens with zero attached hydrogens (tertiary/aromatic N) is 1. The third-order valence-corrected chi connectivity index (χ3v) is 6.12. The number of halogens is 3. The van der Waals surface area contributed by atoms with Gasteiger partial charge in [-0.15, -0.1) is 0 Å².